The minimum Gasteiger partial charge on any atom is -0.516 e. The Kier molecular flexibility index (Phi) is 6.72. The van der Waals surface area contributed by atoms with E-state index in [-0.39, 0.29) is 0 Å². The van der Waals surface area contributed by atoms with Crippen molar-refractivity contribution in [3.8, 4) is 0 Å². The van der Waals surface area contributed by atoms with Gasteiger partial charge in [0.1, 0.15) is 15.7 Å². The van der Waals surface area contributed by atoms with Gasteiger partial charge in [0.15, 0.2) is 0 Å². The first kappa shape index (κ1) is 20.4. The molecule has 0 aliphatic carbocycles. The molecule has 0 saturated heterocycles. The molecule has 0 amide bonds. The second-order valence-corrected chi connectivity index (χ2v) is 5.86. The lowest BCUT2D eigenvalue weighted by atomic mass is 9.60. The molecule has 2 rings (SSSR count). The Balaban J connectivity index is 0.000000891. The number of hydrogen-bond acceptors (Lipinski definition) is 4. The van der Waals surface area contributed by atoms with Crippen molar-refractivity contribution in [1.82, 2.24) is 9.88 Å². The SMILES string of the molecule is C=CO.[B]C(O)(c1c[nH]c2cccc(CCC)c12)C([B])(O)N(C)C. The monoisotopic (exact) mass is 326 g/mol. The summed E-state index contributed by atoms with van der Waals surface area (Å²) in [6, 6.07) is 5.84. The van der Waals surface area contributed by atoms with Gasteiger partial charge < -0.3 is 20.3 Å². The van der Waals surface area contributed by atoms with Crippen molar-refractivity contribution in [1.29, 1.82) is 0 Å². The molecule has 1 aromatic heterocycles. The number of aliphatic hydroxyl groups is 3. The van der Waals surface area contributed by atoms with E-state index in [9.17, 15) is 10.2 Å². The van der Waals surface area contributed by atoms with Crippen LogP contribution >= 0.6 is 0 Å². The van der Waals surface area contributed by atoms with Crippen LogP contribution in [0.15, 0.2) is 37.2 Å². The van der Waals surface area contributed by atoms with Crippen molar-refractivity contribution in [2.45, 2.75) is 30.9 Å². The zero-order valence-corrected chi connectivity index (χ0v) is 14.5. The molecule has 2 unspecified atom stereocenters. The molecule has 4 N–H and O–H groups in total. The fourth-order valence-corrected chi connectivity index (χ4v) is 2.58. The molecular weight excluding hydrogens is 302 g/mol. The average molecular weight is 326 g/mol. The highest BCUT2D eigenvalue weighted by Crippen LogP contribution is 2.36. The average Bonchev–Trinajstić information content (AvgIpc) is 2.93. The molecule has 0 fully saturated rings. The Labute approximate surface area is 145 Å². The van der Waals surface area contributed by atoms with Gasteiger partial charge in [-0.25, -0.2) is 0 Å². The van der Waals surface area contributed by atoms with E-state index in [4.69, 9.17) is 20.8 Å². The maximum absolute atomic E-state index is 10.7. The first-order valence-corrected chi connectivity index (χ1v) is 7.69. The molecule has 2 atom stereocenters. The first-order valence-electron chi connectivity index (χ1n) is 7.69. The summed E-state index contributed by atoms with van der Waals surface area (Å²) in [5, 5.41) is 29.2. The smallest absolute Gasteiger partial charge is 0.139 e. The number of nitrogens with zero attached hydrogens (tertiary/aromatic N) is 1. The Morgan fingerprint density at radius 3 is 2.38 bits per heavy atom. The molecule has 5 nitrogen and oxygen atoms in total. The molecule has 2 aromatic rings. The van der Waals surface area contributed by atoms with Gasteiger partial charge >= 0.3 is 0 Å². The van der Waals surface area contributed by atoms with Crippen LogP contribution in [0.25, 0.3) is 10.9 Å². The molecule has 4 radical (unpaired) electrons. The van der Waals surface area contributed by atoms with E-state index in [1.165, 1.54) is 4.90 Å². The summed E-state index contributed by atoms with van der Waals surface area (Å²) in [5.41, 5.74) is -1.90. The van der Waals surface area contributed by atoms with Gasteiger partial charge in [0.05, 0.1) is 17.4 Å². The van der Waals surface area contributed by atoms with Gasteiger partial charge in [-0.15, -0.1) is 0 Å². The summed E-state index contributed by atoms with van der Waals surface area (Å²) in [5.74, 6) is 0. The van der Waals surface area contributed by atoms with Crippen LogP contribution in [0.4, 0.5) is 0 Å². The number of aromatic amines is 1. The van der Waals surface area contributed by atoms with Gasteiger partial charge in [0.2, 0.25) is 0 Å². The van der Waals surface area contributed by atoms with E-state index >= 15 is 0 Å². The van der Waals surface area contributed by atoms with Crippen molar-refractivity contribution in [2.75, 3.05) is 14.1 Å². The maximum Gasteiger partial charge on any atom is 0.139 e. The highest BCUT2D eigenvalue weighted by atomic mass is 16.4. The number of benzene rings is 1. The van der Waals surface area contributed by atoms with E-state index in [1.807, 2.05) is 18.2 Å². The van der Waals surface area contributed by atoms with Crippen LogP contribution in [0, 0.1) is 0 Å². The third-order valence-corrected chi connectivity index (χ3v) is 3.96. The number of H-pyrrole nitrogens is 1. The number of likely N-dealkylation sites (N-methyl/N-ethyl adjacent to an activating group) is 1. The van der Waals surface area contributed by atoms with Crippen LogP contribution in [0.1, 0.15) is 24.5 Å². The topological polar surface area (TPSA) is 79.7 Å². The number of fused-ring (bicyclic) bond motifs is 1. The second kappa shape index (κ2) is 7.92. The highest BCUT2D eigenvalue weighted by molar-refractivity contribution is 6.26. The van der Waals surface area contributed by atoms with Crippen LogP contribution < -0.4 is 0 Å². The van der Waals surface area contributed by atoms with Crippen molar-refractivity contribution >= 4 is 26.6 Å². The van der Waals surface area contributed by atoms with Gasteiger partial charge in [-0.1, -0.05) is 32.1 Å². The first-order chi connectivity index (χ1) is 11.1. The van der Waals surface area contributed by atoms with E-state index < -0.39 is 11.1 Å². The summed E-state index contributed by atoms with van der Waals surface area (Å²) < 4.78 is 0. The Morgan fingerprint density at radius 1 is 1.29 bits per heavy atom. The molecule has 1 aromatic carbocycles. The lowest BCUT2D eigenvalue weighted by molar-refractivity contribution is -0.126. The van der Waals surface area contributed by atoms with E-state index in [2.05, 4.69) is 18.5 Å². The quantitative estimate of drug-likeness (QED) is 0.381. The van der Waals surface area contributed by atoms with Gasteiger partial charge in [0.25, 0.3) is 0 Å². The molecular formula is C17H24B2N2O3. The summed E-state index contributed by atoms with van der Waals surface area (Å²) >= 11 is 0. The van der Waals surface area contributed by atoms with Crippen molar-refractivity contribution in [2.24, 2.45) is 0 Å². The molecule has 0 aliphatic rings. The predicted molar refractivity (Wildman–Crippen MR) is 99.2 cm³/mol. The van der Waals surface area contributed by atoms with E-state index in [1.54, 1.807) is 20.3 Å². The molecule has 0 spiro atoms. The normalized spacial score (nSPS) is 16.1. The van der Waals surface area contributed by atoms with Crippen LogP contribution in [-0.2, 0) is 11.9 Å². The number of aromatic nitrogens is 1. The zero-order valence-electron chi connectivity index (χ0n) is 14.5. The van der Waals surface area contributed by atoms with Crippen molar-refractivity contribution < 1.29 is 15.3 Å². The molecule has 0 bridgehead atoms. The summed E-state index contributed by atoms with van der Waals surface area (Å²) in [6.45, 7) is 5.00. The third kappa shape index (κ3) is 3.69. The Morgan fingerprint density at radius 2 is 1.88 bits per heavy atom. The van der Waals surface area contributed by atoms with E-state index in [0.717, 1.165) is 35.6 Å². The second-order valence-electron chi connectivity index (χ2n) is 5.86. The van der Waals surface area contributed by atoms with Gasteiger partial charge in [-0.05, 0) is 32.1 Å². The van der Waals surface area contributed by atoms with Crippen LogP contribution in [0.5, 0.6) is 0 Å². The summed E-state index contributed by atoms with van der Waals surface area (Å²) in [7, 11) is 15.0. The van der Waals surface area contributed by atoms with Gasteiger partial charge in [-0.3, -0.25) is 4.90 Å². The molecule has 126 valence electrons. The lowest BCUT2D eigenvalue weighted by Gasteiger charge is -2.44. The molecule has 0 saturated carbocycles. The lowest BCUT2D eigenvalue weighted by Crippen LogP contribution is -2.61. The minimum atomic E-state index is -2.11. The number of aliphatic hydroxyl groups excluding tert-OH is 1. The predicted octanol–water partition coefficient (Wildman–Crippen LogP) is 1.50. The largest absolute Gasteiger partial charge is 0.516 e. The van der Waals surface area contributed by atoms with Gasteiger partial charge in [0, 0.05) is 22.7 Å². The van der Waals surface area contributed by atoms with Gasteiger partial charge in [-0.2, -0.15) is 0 Å². The zero-order chi connectivity index (χ0) is 18.5. The van der Waals surface area contributed by atoms with Crippen LogP contribution in [0.2, 0.25) is 0 Å². The minimum absolute atomic E-state index is 0.389. The Hall–Kier alpha value is -1.69. The Bertz CT molecular complexity index is 682. The molecule has 1 heterocycles. The van der Waals surface area contributed by atoms with Crippen molar-refractivity contribution in [3.63, 3.8) is 0 Å². The molecule has 24 heavy (non-hydrogen) atoms. The van der Waals surface area contributed by atoms with E-state index in [0.29, 0.717) is 5.56 Å². The van der Waals surface area contributed by atoms with Crippen LogP contribution in [0.3, 0.4) is 0 Å². The van der Waals surface area contributed by atoms with Crippen LogP contribution in [-0.4, -0.2) is 60.6 Å². The fourth-order valence-electron chi connectivity index (χ4n) is 2.58. The number of rotatable bonds is 5. The highest BCUT2D eigenvalue weighted by Gasteiger charge is 2.44. The molecule has 7 heteroatoms. The number of aryl methyl sites for hydroxylation is 1. The van der Waals surface area contributed by atoms with Crippen molar-refractivity contribution in [3.05, 3.63) is 48.4 Å². The molecule has 0 aliphatic heterocycles. The number of hydrogen-bond donors (Lipinski definition) is 4. The standard InChI is InChI=1S/C15H20B2N2O2.C2H4O/c1-4-6-10-7-5-8-12-13(10)11(9-18-12)14(16,20)15(17,21)19(2)3;1-2-3/h5,7-9,18,20-21H,4,6H2,1-3H3;2-3H,1H2. The number of nitrogens with one attached hydrogen (secondary N) is 1. The third-order valence-electron chi connectivity index (χ3n) is 3.96. The fraction of sp³-hybridized carbons (Fsp3) is 0.412. The summed E-state index contributed by atoms with van der Waals surface area (Å²) in [4.78, 5) is 4.36. The summed E-state index contributed by atoms with van der Waals surface area (Å²) in [6.07, 6.45) is 4.17. The maximum atomic E-state index is 10.7.